The minimum absolute atomic E-state index is 0.0197. The van der Waals surface area contributed by atoms with Crippen LogP contribution < -0.4 is 4.74 Å². The molecule has 0 unspecified atom stereocenters. The second-order valence-electron chi connectivity index (χ2n) is 4.69. The van der Waals surface area contributed by atoms with Gasteiger partial charge in [-0.25, -0.2) is 8.42 Å². The van der Waals surface area contributed by atoms with E-state index in [1.54, 1.807) is 0 Å². The topological polar surface area (TPSA) is 43.4 Å². The standard InChI is InChI=1S/C11H12Cl2O3S/c1-11(2)4-3-7-5-8(17(13,14)15)6-9(12)10(7)16-11/h5-6H,3-4H2,1-2H3. The Morgan fingerprint density at radius 3 is 2.59 bits per heavy atom. The molecule has 1 aliphatic heterocycles. The third-order valence-electron chi connectivity index (χ3n) is 2.75. The molecule has 1 aromatic rings. The van der Waals surface area contributed by atoms with Gasteiger partial charge >= 0.3 is 0 Å². The summed E-state index contributed by atoms with van der Waals surface area (Å²) in [5.41, 5.74) is 0.508. The minimum atomic E-state index is -3.76. The van der Waals surface area contributed by atoms with E-state index in [-0.39, 0.29) is 15.5 Å². The van der Waals surface area contributed by atoms with Gasteiger partial charge in [-0.1, -0.05) is 11.6 Å². The number of halogens is 2. The molecule has 0 radical (unpaired) electrons. The smallest absolute Gasteiger partial charge is 0.261 e. The lowest BCUT2D eigenvalue weighted by Crippen LogP contribution is -2.32. The van der Waals surface area contributed by atoms with Crippen LogP contribution in [0.4, 0.5) is 0 Å². The molecule has 0 N–H and O–H groups in total. The maximum absolute atomic E-state index is 11.3. The molecule has 6 heteroatoms. The first-order valence-corrected chi connectivity index (χ1v) is 7.84. The highest BCUT2D eigenvalue weighted by molar-refractivity contribution is 8.13. The Morgan fingerprint density at radius 2 is 2.00 bits per heavy atom. The first kappa shape index (κ1) is 13.0. The van der Waals surface area contributed by atoms with Crippen LogP contribution in [0.25, 0.3) is 0 Å². The number of hydrogen-bond acceptors (Lipinski definition) is 3. The van der Waals surface area contributed by atoms with Crippen LogP contribution in [0.5, 0.6) is 5.75 Å². The fraction of sp³-hybridized carbons (Fsp3) is 0.455. The van der Waals surface area contributed by atoms with Gasteiger partial charge < -0.3 is 4.74 Å². The maximum Gasteiger partial charge on any atom is 0.261 e. The van der Waals surface area contributed by atoms with Crippen molar-refractivity contribution in [3.05, 3.63) is 22.7 Å². The van der Waals surface area contributed by atoms with Crippen molar-refractivity contribution in [3.63, 3.8) is 0 Å². The summed E-state index contributed by atoms with van der Waals surface area (Å²) < 4.78 is 28.3. The van der Waals surface area contributed by atoms with E-state index in [1.807, 2.05) is 13.8 Å². The molecule has 17 heavy (non-hydrogen) atoms. The van der Waals surface area contributed by atoms with Crippen molar-refractivity contribution in [2.24, 2.45) is 0 Å². The van der Waals surface area contributed by atoms with Gasteiger partial charge in [-0.2, -0.15) is 0 Å². The molecular formula is C11H12Cl2O3S. The number of benzene rings is 1. The van der Waals surface area contributed by atoms with Crippen molar-refractivity contribution in [3.8, 4) is 5.75 Å². The van der Waals surface area contributed by atoms with Gasteiger partial charge in [0.1, 0.15) is 11.4 Å². The van der Waals surface area contributed by atoms with E-state index in [9.17, 15) is 8.42 Å². The van der Waals surface area contributed by atoms with Gasteiger partial charge in [0, 0.05) is 10.7 Å². The molecule has 0 spiro atoms. The fourth-order valence-corrected chi connectivity index (χ4v) is 2.98. The number of hydrogen-bond donors (Lipinski definition) is 0. The van der Waals surface area contributed by atoms with E-state index < -0.39 is 9.05 Å². The molecule has 2 rings (SSSR count). The van der Waals surface area contributed by atoms with Crippen LogP contribution in [-0.4, -0.2) is 14.0 Å². The van der Waals surface area contributed by atoms with Crippen LogP contribution >= 0.6 is 22.3 Å². The van der Waals surface area contributed by atoms with Gasteiger partial charge in [-0.05, 0) is 44.4 Å². The van der Waals surface area contributed by atoms with Crippen LogP contribution in [-0.2, 0) is 15.5 Å². The number of rotatable bonds is 1. The zero-order chi connectivity index (χ0) is 12.8. The molecule has 0 fully saturated rings. The Labute approximate surface area is 110 Å². The van der Waals surface area contributed by atoms with Crippen LogP contribution in [0.3, 0.4) is 0 Å². The Kier molecular flexibility index (Phi) is 3.09. The molecular weight excluding hydrogens is 283 g/mol. The second kappa shape index (κ2) is 4.04. The Balaban J connectivity index is 2.55. The fourth-order valence-electron chi connectivity index (χ4n) is 1.83. The Morgan fingerprint density at radius 1 is 1.35 bits per heavy atom. The highest BCUT2D eigenvalue weighted by Gasteiger charge is 2.29. The van der Waals surface area contributed by atoms with E-state index >= 15 is 0 Å². The maximum atomic E-state index is 11.3. The highest BCUT2D eigenvalue weighted by atomic mass is 35.7. The first-order valence-electron chi connectivity index (χ1n) is 5.15. The van der Waals surface area contributed by atoms with Gasteiger partial charge in [0.2, 0.25) is 0 Å². The summed E-state index contributed by atoms with van der Waals surface area (Å²) >= 11 is 6.03. The van der Waals surface area contributed by atoms with E-state index in [0.717, 1.165) is 18.4 Å². The molecule has 94 valence electrons. The molecule has 0 aliphatic carbocycles. The second-order valence-corrected chi connectivity index (χ2v) is 7.67. The minimum Gasteiger partial charge on any atom is -0.486 e. The highest BCUT2D eigenvalue weighted by Crippen LogP contribution is 2.40. The molecule has 0 atom stereocenters. The van der Waals surface area contributed by atoms with Gasteiger partial charge in [-0.3, -0.25) is 0 Å². The summed E-state index contributed by atoms with van der Waals surface area (Å²) in [7, 11) is 1.55. The molecule has 0 aromatic heterocycles. The van der Waals surface area contributed by atoms with E-state index in [2.05, 4.69) is 0 Å². The summed E-state index contributed by atoms with van der Waals surface area (Å²) in [4.78, 5) is 0.0197. The number of ether oxygens (including phenoxy) is 1. The zero-order valence-electron chi connectivity index (χ0n) is 9.46. The van der Waals surface area contributed by atoms with Gasteiger partial charge in [-0.15, -0.1) is 0 Å². The predicted molar refractivity (Wildman–Crippen MR) is 67.5 cm³/mol. The largest absolute Gasteiger partial charge is 0.486 e. The van der Waals surface area contributed by atoms with Crippen LogP contribution in [0.2, 0.25) is 5.02 Å². The van der Waals surface area contributed by atoms with Crippen molar-refractivity contribution in [2.75, 3.05) is 0 Å². The summed E-state index contributed by atoms with van der Waals surface area (Å²) in [6.45, 7) is 3.94. The molecule has 0 saturated heterocycles. The van der Waals surface area contributed by atoms with Crippen molar-refractivity contribution < 1.29 is 13.2 Å². The van der Waals surface area contributed by atoms with Crippen molar-refractivity contribution >= 4 is 31.3 Å². The third-order valence-corrected chi connectivity index (χ3v) is 4.36. The lowest BCUT2D eigenvalue weighted by Gasteiger charge is -2.33. The van der Waals surface area contributed by atoms with Crippen LogP contribution in [0.1, 0.15) is 25.8 Å². The molecule has 0 bridgehead atoms. The molecule has 0 amide bonds. The lowest BCUT2D eigenvalue weighted by molar-refractivity contribution is 0.0847. The van der Waals surface area contributed by atoms with E-state index in [0.29, 0.717) is 5.75 Å². The predicted octanol–water partition coefficient (Wildman–Crippen LogP) is 3.37. The molecule has 1 heterocycles. The quantitative estimate of drug-likeness (QED) is 0.746. The Bertz CT molecular complexity index is 564. The summed E-state index contributed by atoms with van der Waals surface area (Å²) in [6.07, 6.45) is 1.53. The Hall–Kier alpha value is -0.450. The molecule has 1 aromatic carbocycles. The van der Waals surface area contributed by atoms with Crippen molar-refractivity contribution in [2.45, 2.75) is 37.2 Å². The number of aryl methyl sites for hydroxylation is 1. The van der Waals surface area contributed by atoms with E-state index in [1.165, 1.54) is 12.1 Å². The first-order chi connectivity index (χ1) is 7.69. The summed E-state index contributed by atoms with van der Waals surface area (Å²) in [5.74, 6) is 0.562. The monoisotopic (exact) mass is 294 g/mol. The number of fused-ring (bicyclic) bond motifs is 1. The lowest BCUT2D eigenvalue weighted by atomic mass is 9.94. The molecule has 0 saturated carbocycles. The van der Waals surface area contributed by atoms with Crippen molar-refractivity contribution in [1.82, 2.24) is 0 Å². The average molecular weight is 295 g/mol. The average Bonchev–Trinajstić information content (AvgIpc) is 2.16. The summed E-state index contributed by atoms with van der Waals surface area (Å²) in [6, 6.07) is 2.85. The molecule has 3 nitrogen and oxygen atoms in total. The van der Waals surface area contributed by atoms with Crippen LogP contribution in [0.15, 0.2) is 17.0 Å². The van der Waals surface area contributed by atoms with Gasteiger partial charge in [0.25, 0.3) is 9.05 Å². The van der Waals surface area contributed by atoms with E-state index in [4.69, 9.17) is 27.0 Å². The van der Waals surface area contributed by atoms with Gasteiger partial charge in [0.15, 0.2) is 0 Å². The third kappa shape index (κ3) is 2.69. The zero-order valence-corrected chi connectivity index (χ0v) is 11.8. The van der Waals surface area contributed by atoms with Gasteiger partial charge in [0.05, 0.1) is 9.92 Å². The summed E-state index contributed by atoms with van der Waals surface area (Å²) in [5, 5.41) is 0.287. The molecule has 1 aliphatic rings. The normalized spacial score (nSPS) is 18.4. The van der Waals surface area contributed by atoms with Crippen molar-refractivity contribution in [1.29, 1.82) is 0 Å². The SMILES string of the molecule is CC1(C)CCc2cc(S(=O)(=O)Cl)cc(Cl)c2O1. The van der Waals surface area contributed by atoms with Crippen LogP contribution in [0, 0.1) is 0 Å².